The predicted molar refractivity (Wildman–Crippen MR) is 94.3 cm³/mol. The molecule has 1 rings (SSSR count). The van der Waals surface area contributed by atoms with Crippen LogP contribution in [0.5, 0.6) is 0 Å². The molecule has 7 nitrogen and oxygen atoms in total. The Morgan fingerprint density at radius 2 is 1.79 bits per heavy atom. The summed E-state index contributed by atoms with van der Waals surface area (Å²) in [4.78, 5) is 29.1. The summed E-state index contributed by atoms with van der Waals surface area (Å²) in [7, 11) is 5.79. The smallest absolute Gasteiger partial charge is 0.235 e. The molecular weight excluding hydrogens is 306 g/mol. The van der Waals surface area contributed by atoms with Crippen LogP contribution in [0.15, 0.2) is 9.98 Å². The molecule has 7 heteroatoms. The third kappa shape index (κ3) is 7.04. The average Bonchev–Trinajstić information content (AvgIpc) is 2.62. The lowest BCUT2D eigenvalue weighted by atomic mass is 9.76. The van der Waals surface area contributed by atoms with Gasteiger partial charge in [-0.05, 0) is 65.1 Å². The van der Waals surface area contributed by atoms with Crippen LogP contribution in [-0.2, 0) is 9.59 Å². The quantitative estimate of drug-likeness (QED) is 0.297. The highest BCUT2D eigenvalue weighted by Crippen LogP contribution is 2.34. The number of carbonyl (C=O) groups excluding carboxylic acids is 2. The molecule has 0 aromatic heterocycles. The van der Waals surface area contributed by atoms with E-state index in [4.69, 9.17) is 0 Å². The molecule has 0 amide bonds. The fourth-order valence-corrected chi connectivity index (χ4v) is 3.72. The van der Waals surface area contributed by atoms with Crippen molar-refractivity contribution in [1.82, 2.24) is 16.0 Å². The van der Waals surface area contributed by atoms with Gasteiger partial charge in [0.15, 0.2) is 0 Å². The van der Waals surface area contributed by atoms with Gasteiger partial charge in [-0.1, -0.05) is 6.42 Å². The molecule has 0 aromatic carbocycles. The van der Waals surface area contributed by atoms with Gasteiger partial charge in [0.05, 0.1) is 18.8 Å². The standard InChI is InChI=1S/C17H31N5O2/c1-18-15(9-17(19-2)20-3)8-16(22-12-24)14-6-4-5-13(7-14)10-21-11-23/h13-20H,4-10H2,1-3H3. The summed E-state index contributed by atoms with van der Waals surface area (Å²) >= 11 is 0. The fraction of sp³-hybridized carbons (Fsp3) is 0.882. The van der Waals surface area contributed by atoms with Crippen LogP contribution in [0.2, 0.25) is 0 Å². The summed E-state index contributed by atoms with van der Waals surface area (Å²) in [5, 5.41) is 9.78. The maximum absolute atomic E-state index is 10.9. The molecular formula is C17H31N5O2. The van der Waals surface area contributed by atoms with E-state index >= 15 is 0 Å². The van der Waals surface area contributed by atoms with Crippen molar-refractivity contribution in [1.29, 1.82) is 0 Å². The molecule has 0 saturated heterocycles. The predicted octanol–water partition coefficient (Wildman–Crippen LogP) is 0.966. The highest BCUT2D eigenvalue weighted by Gasteiger charge is 2.30. The summed E-state index contributed by atoms with van der Waals surface area (Å²) in [5.41, 5.74) is 0. The molecule has 0 bridgehead atoms. The largest absolute Gasteiger partial charge is 0.317 e. The van der Waals surface area contributed by atoms with Crippen molar-refractivity contribution in [2.75, 3.05) is 27.7 Å². The minimum Gasteiger partial charge on any atom is -0.317 e. The van der Waals surface area contributed by atoms with Gasteiger partial charge in [0.1, 0.15) is 0 Å². The van der Waals surface area contributed by atoms with E-state index in [0.717, 1.165) is 38.5 Å². The normalized spacial score (nSPS) is 23.2. The molecule has 136 valence electrons. The number of hydrogen-bond acceptors (Lipinski definition) is 7. The maximum atomic E-state index is 10.9. The Labute approximate surface area is 144 Å². The molecule has 4 unspecified atom stereocenters. The van der Waals surface area contributed by atoms with E-state index < -0.39 is 0 Å². The van der Waals surface area contributed by atoms with Gasteiger partial charge >= 0.3 is 0 Å². The molecule has 0 heterocycles. The van der Waals surface area contributed by atoms with Crippen LogP contribution in [0.25, 0.3) is 0 Å². The van der Waals surface area contributed by atoms with Crippen molar-refractivity contribution in [3.05, 3.63) is 0 Å². The zero-order chi connectivity index (χ0) is 17.8. The lowest BCUT2D eigenvalue weighted by Gasteiger charge is -2.33. The Morgan fingerprint density at radius 3 is 2.38 bits per heavy atom. The van der Waals surface area contributed by atoms with Gasteiger partial charge in [0, 0.05) is 6.04 Å². The van der Waals surface area contributed by atoms with Crippen LogP contribution in [-0.4, -0.2) is 58.1 Å². The lowest BCUT2D eigenvalue weighted by Crippen LogP contribution is -2.45. The Balaban J connectivity index is 2.70. The van der Waals surface area contributed by atoms with E-state index in [0.29, 0.717) is 18.4 Å². The highest BCUT2D eigenvalue weighted by atomic mass is 16.1. The zero-order valence-corrected chi connectivity index (χ0v) is 15.0. The van der Waals surface area contributed by atoms with Gasteiger partial charge in [0.2, 0.25) is 12.2 Å². The molecule has 1 saturated carbocycles. The first kappa shape index (κ1) is 20.7. The molecule has 24 heavy (non-hydrogen) atoms. The molecule has 3 N–H and O–H groups in total. The van der Waals surface area contributed by atoms with Crippen LogP contribution in [0.1, 0.15) is 38.5 Å². The number of isocyanates is 2. The highest BCUT2D eigenvalue weighted by molar-refractivity contribution is 5.34. The lowest BCUT2D eigenvalue weighted by molar-refractivity contribution is 0.219. The van der Waals surface area contributed by atoms with Gasteiger partial charge in [0.25, 0.3) is 0 Å². The van der Waals surface area contributed by atoms with Gasteiger partial charge < -0.3 is 16.0 Å². The number of nitrogens with one attached hydrogen (secondary N) is 3. The van der Waals surface area contributed by atoms with Gasteiger partial charge in [-0.25, -0.2) is 19.6 Å². The molecule has 1 fully saturated rings. The number of aliphatic imine (C=N–C) groups is 2. The van der Waals surface area contributed by atoms with E-state index in [2.05, 4.69) is 25.9 Å². The summed E-state index contributed by atoms with van der Waals surface area (Å²) in [6.07, 6.45) is 9.50. The van der Waals surface area contributed by atoms with Crippen molar-refractivity contribution < 1.29 is 9.59 Å². The first-order valence-corrected chi connectivity index (χ1v) is 8.80. The fourth-order valence-electron chi connectivity index (χ4n) is 3.72. The van der Waals surface area contributed by atoms with E-state index in [1.807, 2.05) is 21.1 Å². The average molecular weight is 337 g/mol. The Bertz CT molecular complexity index is 442. The number of rotatable bonds is 11. The third-order valence-electron chi connectivity index (χ3n) is 5.15. The molecule has 0 aromatic rings. The van der Waals surface area contributed by atoms with Crippen LogP contribution in [0, 0.1) is 11.8 Å². The Morgan fingerprint density at radius 1 is 1.04 bits per heavy atom. The number of nitrogens with zero attached hydrogens (tertiary/aromatic N) is 2. The molecule has 0 aliphatic heterocycles. The molecule has 1 aliphatic carbocycles. The second kappa shape index (κ2) is 12.1. The minimum absolute atomic E-state index is 0.0303. The van der Waals surface area contributed by atoms with E-state index in [1.165, 1.54) is 0 Å². The van der Waals surface area contributed by atoms with Crippen molar-refractivity contribution in [3.63, 3.8) is 0 Å². The van der Waals surface area contributed by atoms with E-state index in [-0.39, 0.29) is 18.2 Å². The SMILES string of the molecule is CNC(CC(NC)NC)CC(N=C=O)C1CCCC(CN=C=O)C1. The van der Waals surface area contributed by atoms with Crippen LogP contribution in [0.3, 0.4) is 0 Å². The van der Waals surface area contributed by atoms with E-state index in [1.54, 1.807) is 12.2 Å². The van der Waals surface area contributed by atoms with Crippen molar-refractivity contribution in [3.8, 4) is 0 Å². The van der Waals surface area contributed by atoms with Crippen LogP contribution in [0.4, 0.5) is 0 Å². The van der Waals surface area contributed by atoms with E-state index in [9.17, 15) is 9.59 Å². The van der Waals surface area contributed by atoms with Crippen LogP contribution >= 0.6 is 0 Å². The molecule has 1 aliphatic rings. The molecule has 4 atom stereocenters. The summed E-state index contributed by atoms with van der Waals surface area (Å²) in [6.45, 7) is 0.536. The van der Waals surface area contributed by atoms with Gasteiger partial charge in [-0.2, -0.15) is 0 Å². The monoisotopic (exact) mass is 337 g/mol. The molecule has 0 radical (unpaired) electrons. The van der Waals surface area contributed by atoms with Gasteiger partial charge in [-0.15, -0.1) is 0 Å². The van der Waals surface area contributed by atoms with Crippen LogP contribution < -0.4 is 16.0 Å². The summed E-state index contributed by atoms with van der Waals surface area (Å²) in [5.74, 6) is 0.746. The minimum atomic E-state index is -0.0303. The second-order valence-electron chi connectivity index (χ2n) is 6.60. The molecule has 0 spiro atoms. The topological polar surface area (TPSA) is 94.9 Å². The first-order valence-electron chi connectivity index (χ1n) is 8.80. The summed E-state index contributed by atoms with van der Waals surface area (Å²) < 4.78 is 0. The Kier molecular flexibility index (Phi) is 10.4. The van der Waals surface area contributed by atoms with Crippen molar-refractivity contribution in [2.24, 2.45) is 21.8 Å². The van der Waals surface area contributed by atoms with Gasteiger partial charge in [-0.3, -0.25) is 0 Å². The first-order chi connectivity index (χ1) is 11.7. The van der Waals surface area contributed by atoms with Crippen molar-refractivity contribution in [2.45, 2.75) is 56.8 Å². The van der Waals surface area contributed by atoms with Crippen molar-refractivity contribution >= 4 is 12.2 Å². The third-order valence-corrected chi connectivity index (χ3v) is 5.15. The Hall–Kier alpha value is -1.36. The zero-order valence-electron chi connectivity index (χ0n) is 15.0. The maximum Gasteiger partial charge on any atom is 0.235 e. The summed E-state index contributed by atoms with van der Waals surface area (Å²) in [6, 6.07) is 0.225. The number of hydrogen-bond donors (Lipinski definition) is 3. The second-order valence-corrected chi connectivity index (χ2v) is 6.60.